The first-order valence-corrected chi connectivity index (χ1v) is 3.79. The lowest BCUT2D eigenvalue weighted by atomic mass is 10.1. The van der Waals surface area contributed by atoms with Gasteiger partial charge in [0.2, 0.25) is 5.88 Å². The molecule has 0 atom stereocenters. The Kier molecular flexibility index (Phi) is 1.27. The molecule has 1 aromatic rings. The van der Waals surface area contributed by atoms with Crippen LogP contribution in [0.4, 0.5) is 0 Å². The molecular formula is C7H10N2O2. The fourth-order valence-electron chi connectivity index (χ4n) is 1.54. The van der Waals surface area contributed by atoms with Gasteiger partial charge >= 0.3 is 5.69 Å². The fourth-order valence-corrected chi connectivity index (χ4v) is 1.54. The molecule has 11 heavy (non-hydrogen) atoms. The summed E-state index contributed by atoms with van der Waals surface area (Å²) in [6, 6.07) is 0. The standard InChI is InChI=1S/C7H10N2O2/c10-6-5-3-1-2-4-9(5)7(11)8-6/h10H,1-4H2,(H,8,11). The van der Waals surface area contributed by atoms with Crippen molar-refractivity contribution in [3.8, 4) is 5.88 Å². The van der Waals surface area contributed by atoms with Gasteiger partial charge in [0, 0.05) is 6.54 Å². The molecule has 1 aromatic heterocycles. The molecule has 1 aliphatic rings. The molecule has 4 nitrogen and oxygen atoms in total. The average Bonchev–Trinajstić information content (AvgIpc) is 2.30. The highest BCUT2D eigenvalue weighted by Gasteiger charge is 2.15. The van der Waals surface area contributed by atoms with Crippen molar-refractivity contribution in [2.24, 2.45) is 0 Å². The zero-order valence-corrected chi connectivity index (χ0v) is 6.13. The van der Waals surface area contributed by atoms with Crippen molar-refractivity contribution in [1.29, 1.82) is 0 Å². The van der Waals surface area contributed by atoms with Gasteiger partial charge in [0.15, 0.2) is 0 Å². The van der Waals surface area contributed by atoms with E-state index in [-0.39, 0.29) is 11.6 Å². The van der Waals surface area contributed by atoms with E-state index in [1.807, 2.05) is 0 Å². The molecule has 0 aromatic carbocycles. The lowest BCUT2D eigenvalue weighted by Gasteiger charge is -2.11. The van der Waals surface area contributed by atoms with Crippen LogP contribution in [0.15, 0.2) is 4.79 Å². The number of aromatic amines is 1. The van der Waals surface area contributed by atoms with E-state index in [1.165, 1.54) is 0 Å². The van der Waals surface area contributed by atoms with E-state index in [1.54, 1.807) is 4.57 Å². The van der Waals surface area contributed by atoms with Crippen LogP contribution < -0.4 is 5.69 Å². The lowest BCUT2D eigenvalue weighted by Crippen LogP contribution is -2.21. The van der Waals surface area contributed by atoms with Gasteiger partial charge in [-0.1, -0.05) is 0 Å². The summed E-state index contributed by atoms with van der Waals surface area (Å²) in [6.45, 7) is 0.741. The van der Waals surface area contributed by atoms with Crippen LogP contribution in [-0.4, -0.2) is 14.7 Å². The Morgan fingerprint density at radius 1 is 1.45 bits per heavy atom. The third-order valence-corrected chi connectivity index (χ3v) is 2.11. The van der Waals surface area contributed by atoms with Gasteiger partial charge < -0.3 is 5.11 Å². The van der Waals surface area contributed by atoms with E-state index < -0.39 is 0 Å². The number of rotatable bonds is 0. The molecule has 0 aliphatic carbocycles. The maximum absolute atomic E-state index is 11.0. The Morgan fingerprint density at radius 2 is 2.27 bits per heavy atom. The van der Waals surface area contributed by atoms with Crippen LogP contribution in [0.5, 0.6) is 5.88 Å². The Bertz CT molecular complexity index is 324. The number of imidazole rings is 1. The fraction of sp³-hybridized carbons (Fsp3) is 0.571. The molecule has 4 heteroatoms. The molecule has 0 fully saturated rings. The second-order valence-electron chi connectivity index (χ2n) is 2.83. The predicted octanol–water partition coefficient (Wildman–Crippen LogP) is 0.218. The minimum Gasteiger partial charge on any atom is -0.493 e. The average molecular weight is 154 g/mol. The summed E-state index contributed by atoms with van der Waals surface area (Å²) < 4.78 is 1.61. The van der Waals surface area contributed by atoms with Gasteiger partial charge in [-0.15, -0.1) is 0 Å². The molecule has 60 valence electrons. The first-order valence-electron chi connectivity index (χ1n) is 3.79. The third-order valence-electron chi connectivity index (χ3n) is 2.11. The summed E-state index contributed by atoms with van der Waals surface area (Å²) in [5, 5.41) is 9.20. The highest BCUT2D eigenvalue weighted by Crippen LogP contribution is 2.18. The first-order chi connectivity index (χ1) is 5.29. The molecule has 0 radical (unpaired) electrons. The number of nitrogens with zero attached hydrogens (tertiary/aromatic N) is 1. The van der Waals surface area contributed by atoms with E-state index in [0.29, 0.717) is 0 Å². The molecule has 2 heterocycles. The summed E-state index contributed by atoms with van der Waals surface area (Å²) in [6.07, 6.45) is 2.90. The van der Waals surface area contributed by atoms with Crippen molar-refractivity contribution >= 4 is 0 Å². The quantitative estimate of drug-likeness (QED) is 0.561. The molecule has 0 saturated heterocycles. The topological polar surface area (TPSA) is 58.0 Å². The number of fused-ring (bicyclic) bond motifs is 1. The van der Waals surface area contributed by atoms with E-state index in [0.717, 1.165) is 31.5 Å². The van der Waals surface area contributed by atoms with Crippen molar-refractivity contribution < 1.29 is 5.11 Å². The van der Waals surface area contributed by atoms with Crippen LogP contribution in [-0.2, 0) is 13.0 Å². The van der Waals surface area contributed by atoms with Crippen LogP contribution in [0.25, 0.3) is 0 Å². The van der Waals surface area contributed by atoms with Gasteiger partial charge in [-0.05, 0) is 19.3 Å². The highest BCUT2D eigenvalue weighted by molar-refractivity contribution is 5.19. The summed E-state index contributed by atoms with van der Waals surface area (Å²) in [5.74, 6) is 0.0506. The summed E-state index contributed by atoms with van der Waals surface area (Å²) in [4.78, 5) is 13.4. The van der Waals surface area contributed by atoms with Gasteiger partial charge in [0.25, 0.3) is 0 Å². The summed E-state index contributed by atoms with van der Waals surface area (Å²) in [5.41, 5.74) is 0.582. The molecule has 0 amide bonds. The monoisotopic (exact) mass is 154 g/mol. The van der Waals surface area contributed by atoms with Crippen LogP contribution in [0.1, 0.15) is 18.5 Å². The minimum absolute atomic E-state index is 0.0506. The number of hydrogen-bond acceptors (Lipinski definition) is 2. The molecule has 0 bridgehead atoms. The molecule has 1 aliphatic heterocycles. The third kappa shape index (κ3) is 0.859. The van der Waals surface area contributed by atoms with Crippen LogP contribution in [0.2, 0.25) is 0 Å². The normalized spacial score (nSPS) is 16.4. The van der Waals surface area contributed by atoms with E-state index in [2.05, 4.69) is 4.98 Å². The Labute approximate surface area is 63.5 Å². The van der Waals surface area contributed by atoms with Crippen molar-refractivity contribution in [2.45, 2.75) is 25.8 Å². The smallest absolute Gasteiger partial charge is 0.328 e. The highest BCUT2D eigenvalue weighted by atomic mass is 16.3. The van der Waals surface area contributed by atoms with Gasteiger partial charge in [-0.2, -0.15) is 0 Å². The lowest BCUT2D eigenvalue weighted by molar-refractivity contribution is 0.435. The van der Waals surface area contributed by atoms with Crippen molar-refractivity contribution in [1.82, 2.24) is 9.55 Å². The zero-order chi connectivity index (χ0) is 7.84. The molecule has 0 spiro atoms. The maximum atomic E-state index is 11.0. The van der Waals surface area contributed by atoms with E-state index in [4.69, 9.17) is 0 Å². The predicted molar refractivity (Wildman–Crippen MR) is 39.7 cm³/mol. The number of aromatic nitrogens is 2. The number of nitrogens with one attached hydrogen (secondary N) is 1. The first kappa shape index (κ1) is 6.52. The van der Waals surface area contributed by atoms with Crippen LogP contribution in [0.3, 0.4) is 0 Å². The zero-order valence-electron chi connectivity index (χ0n) is 6.13. The van der Waals surface area contributed by atoms with Gasteiger partial charge in [0.1, 0.15) is 0 Å². The van der Waals surface area contributed by atoms with Gasteiger partial charge in [-0.25, -0.2) is 4.79 Å². The van der Waals surface area contributed by atoms with Gasteiger partial charge in [-0.3, -0.25) is 9.55 Å². The molecule has 0 unspecified atom stereocenters. The maximum Gasteiger partial charge on any atom is 0.328 e. The van der Waals surface area contributed by atoms with Crippen LogP contribution >= 0.6 is 0 Å². The number of H-pyrrole nitrogens is 1. The van der Waals surface area contributed by atoms with Crippen molar-refractivity contribution in [3.05, 3.63) is 16.2 Å². The number of hydrogen-bond donors (Lipinski definition) is 2. The largest absolute Gasteiger partial charge is 0.493 e. The Hall–Kier alpha value is -1.19. The second kappa shape index (κ2) is 2.15. The number of aromatic hydroxyl groups is 1. The van der Waals surface area contributed by atoms with Crippen molar-refractivity contribution in [3.63, 3.8) is 0 Å². The Balaban J connectivity index is 2.61. The molecule has 0 saturated carbocycles. The van der Waals surface area contributed by atoms with E-state index in [9.17, 15) is 9.90 Å². The minimum atomic E-state index is -0.183. The Morgan fingerprint density at radius 3 is 3.00 bits per heavy atom. The SMILES string of the molecule is O=c1[nH]c(O)c2n1CCCC2. The van der Waals surface area contributed by atoms with Gasteiger partial charge in [0.05, 0.1) is 5.69 Å². The molecular weight excluding hydrogens is 144 g/mol. The van der Waals surface area contributed by atoms with Crippen molar-refractivity contribution in [2.75, 3.05) is 0 Å². The second-order valence-corrected chi connectivity index (χ2v) is 2.83. The van der Waals surface area contributed by atoms with E-state index >= 15 is 0 Å². The summed E-state index contributed by atoms with van der Waals surface area (Å²) >= 11 is 0. The molecule has 2 N–H and O–H groups in total. The summed E-state index contributed by atoms with van der Waals surface area (Å²) in [7, 11) is 0. The van der Waals surface area contributed by atoms with Crippen LogP contribution in [0, 0.1) is 0 Å². The molecule has 2 rings (SSSR count).